The van der Waals surface area contributed by atoms with E-state index >= 15 is 0 Å². The van der Waals surface area contributed by atoms with Crippen LogP contribution < -0.4 is 10.5 Å². The van der Waals surface area contributed by atoms with E-state index in [-0.39, 0.29) is 22.1 Å². The minimum atomic E-state index is -3.95. The summed E-state index contributed by atoms with van der Waals surface area (Å²) in [6.45, 7) is 2.89. The highest BCUT2D eigenvalue weighted by molar-refractivity contribution is 7.89. The van der Waals surface area contributed by atoms with Gasteiger partial charge in [0, 0.05) is 14.1 Å². The maximum Gasteiger partial charge on any atom is 0.241 e. The third-order valence-corrected chi connectivity index (χ3v) is 4.41. The number of amides is 1. The molecular weight excluding hydrogens is 285 g/mol. The van der Waals surface area contributed by atoms with Gasteiger partial charge in [0.25, 0.3) is 0 Å². The highest BCUT2D eigenvalue weighted by atomic mass is 32.2. The lowest BCUT2D eigenvalue weighted by molar-refractivity contribution is -0.130. The first-order valence-corrected chi connectivity index (χ1v) is 7.33. The predicted octanol–water partition coefficient (Wildman–Crippen LogP) is 0.471. The number of aryl methyl sites for hydroxylation is 1. The zero-order chi connectivity index (χ0) is 15.7. The monoisotopic (exact) mass is 303 g/mol. The quantitative estimate of drug-likeness (QED) is 0.791. The Labute approximate surface area is 117 Å². The van der Waals surface area contributed by atoms with Crippen molar-refractivity contribution in [3.05, 3.63) is 23.5 Å². The van der Waals surface area contributed by atoms with E-state index in [9.17, 15) is 17.6 Å². The Hall–Kier alpha value is -1.67. The van der Waals surface area contributed by atoms with Crippen LogP contribution in [0.2, 0.25) is 0 Å². The summed E-state index contributed by atoms with van der Waals surface area (Å²) in [7, 11) is -0.908. The molecule has 1 amide bonds. The summed E-state index contributed by atoms with van der Waals surface area (Å²) in [6.07, 6.45) is 0. The number of nitrogens with two attached hydrogens (primary N) is 1. The number of nitrogens with zero attached hydrogens (tertiary/aromatic N) is 1. The molecule has 0 aromatic heterocycles. The average Bonchev–Trinajstić information content (AvgIpc) is 2.31. The molecule has 0 aliphatic carbocycles. The Morgan fingerprint density at radius 3 is 2.45 bits per heavy atom. The van der Waals surface area contributed by atoms with Crippen LogP contribution in [0.3, 0.4) is 0 Å². The van der Waals surface area contributed by atoms with Gasteiger partial charge in [-0.15, -0.1) is 0 Å². The Balaban J connectivity index is 3.12. The van der Waals surface area contributed by atoms with Crippen molar-refractivity contribution in [2.75, 3.05) is 19.8 Å². The fraction of sp³-hybridized carbons (Fsp3) is 0.417. The van der Waals surface area contributed by atoms with Crippen molar-refractivity contribution in [2.24, 2.45) is 0 Å². The summed E-state index contributed by atoms with van der Waals surface area (Å²) in [5.41, 5.74) is 5.34. The van der Waals surface area contributed by atoms with E-state index < -0.39 is 21.9 Å². The van der Waals surface area contributed by atoms with Crippen molar-refractivity contribution in [3.63, 3.8) is 0 Å². The van der Waals surface area contributed by atoms with Crippen molar-refractivity contribution in [3.8, 4) is 0 Å². The number of rotatable bonds is 4. The van der Waals surface area contributed by atoms with Crippen LogP contribution in [0.15, 0.2) is 17.0 Å². The van der Waals surface area contributed by atoms with E-state index in [1.807, 2.05) is 0 Å². The fourth-order valence-corrected chi connectivity index (χ4v) is 3.15. The van der Waals surface area contributed by atoms with E-state index in [1.165, 1.54) is 32.8 Å². The number of carbonyl (C=O) groups excluding carboxylic acids is 1. The number of likely N-dealkylation sites (N-methyl/N-ethyl adjacent to an activating group) is 1. The second-order valence-corrected chi connectivity index (χ2v) is 6.40. The molecule has 1 aromatic rings. The van der Waals surface area contributed by atoms with Crippen LogP contribution in [0.4, 0.5) is 10.1 Å². The van der Waals surface area contributed by atoms with Crippen molar-refractivity contribution < 1.29 is 17.6 Å². The van der Waals surface area contributed by atoms with E-state index in [0.29, 0.717) is 0 Å². The van der Waals surface area contributed by atoms with E-state index in [2.05, 4.69) is 4.72 Å². The Bertz CT molecular complexity index is 629. The molecule has 3 N–H and O–H groups in total. The molecule has 0 spiro atoms. The number of sulfonamides is 1. The lowest BCUT2D eigenvalue weighted by Gasteiger charge is -2.19. The third-order valence-electron chi connectivity index (χ3n) is 2.73. The molecule has 20 heavy (non-hydrogen) atoms. The molecule has 0 bridgehead atoms. The van der Waals surface area contributed by atoms with Crippen LogP contribution >= 0.6 is 0 Å². The first kappa shape index (κ1) is 16.4. The number of hydrogen-bond acceptors (Lipinski definition) is 4. The van der Waals surface area contributed by atoms with Crippen LogP contribution in [-0.4, -0.2) is 39.4 Å². The number of carbonyl (C=O) groups is 1. The van der Waals surface area contributed by atoms with Gasteiger partial charge in [-0.25, -0.2) is 12.8 Å². The fourth-order valence-electron chi connectivity index (χ4n) is 1.69. The largest absolute Gasteiger partial charge is 0.396 e. The molecule has 1 atom stereocenters. The Morgan fingerprint density at radius 2 is 1.95 bits per heavy atom. The van der Waals surface area contributed by atoms with Gasteiger partial charge in [0.2, 0.25) is 15.9 Å². The normalized spacial score (nSPS) is 13.1. The first-order chi connectivity index (χ1) is 9.06. The molecule has 0 aliphatic rings. The SMILES string of the molecule is Cc1cc(F)c(N)cc1S(=O)(=O)NC(C)C(=O)N(C)C. The summed E-state index contributed by atoms with van der Waals surface area (Å²) in [5.74, 6) is -1.07. The van der Waals surface area contributed by atoms with Gasteiger partial charge in [-0.1, -0.05) is 0 Å². The topological polar surface area (TPSA) is 92.5 Å². The molecule has 6 nitrogen and oxygen atoms in total. The van der Waals surface area contributed by atoms with Crippen LogP contribution in [0.25, 0.3) is 0 Å². The molecule has 112 valence electrons. The smallest absolute Gasteiger partial charge is 0.241 e. The average molecular weight is 303 g/mol. The highest BCUT2D eigenvalue weighted by Gasteiger charge is 2.25. The van der Waals surface area contributed by atoms with E-state index in [1.54, 1.807) is 0 Å². The number of benzene rings is 1. The molecule has 8 heteroatoms. The number of nitrogens with one attached hydrogen (secondary N) is 1. The zero-order valence-electron chi connectivity index (χ0n) is 11.8. The van der Waals surface area contributed by atoms with Crippen LogP contribution in [0.5, 0.6) is 0 Å². The highest BCUT2D eigenvalue weighted by Crippen LogP contribution is 2.21. The van der Waals surface area contributed by atoms with E-state index in [0.717, 1.165) is 12.1 Å². The molecule has 0 radical (unpaired) electrons. The maximum atomic E-state index is 13.2. The summed E-state index contributed by atoms with van der Waals surface area (Å²) in [5, 5.41) is 0. The first-order valence-electron chi connectivity index (χ1n) is 5.85. The number of hydrogen-bond donors (Lipinski definition) is 2. The molecular formula is C12H18FN3O3S. The van der Waals surface area contributed by atoms with Gasteiger partial charge in [0.05, 0.1) is 16.6 Å². The predicted molar refractivity (Wildman–Crippen MR) is 74.0 cm³/mol. The van der Waals surface area contributed by atoms with Crippen molar-refractivity contribution in [2.45, 2.75) is 24.8 Å². The van der Waals surface area contributed by atoms with Crippen LogP contribution in [-0.2, 0) is 14.8 Å². The molecule has 0 saturated carbocycles. The number of halogens is 1. The summed E-state index contributed by atoms with van der Waals surface area (Å²) < 4.78 is 39.9. The molecule has 0 saturated heterocycles. The Morgan fingerprint density at radius 1 is 1.40 bits per heavy atom. The second-order valence-electron chi connectivity index (χ2n) is 4.71. The molecule has 0 heterocycles. The summed E-state index contributed by atoms with van der Waals surface area (Å²) in [6, 6.07) is 1.16. The minimum Gasteiger partial charge on any atom is -0.396 e. The van der Waals surface area contributed by atoms with Gasteiger partial charge in [0.1, 0.15) is 5.82 Å². The lowest BCUT2D eigenvalue weighted by Crippen LogP contribution is -2.44. The Kier molecular flexibility index (Phi) is 4.72. The van der Waals surface area contributed by atoms with Gasteiger partial charge in [-0.2, -0.15) is 4.72 Å². The molecule has 1 rings (SSSR count). The van der Waals surface area contributed by atoms with Gasteiger partial charge in [-0.05, 0) is 31.5 Å². The zero-order valence-corrected chi connectivity index (χ0v) is 12.6. The second kappa shape index (κ2) is 5.76. The number of nitrogen functional groups attached to an aromatic ring is 1. The summed E-state index contributed by atoms with van der Waals surface area (Å²) in [4.78, 5) is 12.8. The lowest BCUT2D eigenvalue weighted by atomic mass is 10.2. The maximum absolute atomic E-state index is 13.2. The molecule has 1 aromatic carbocycles. The van der Waals surface area contributed by atoms with Gasteiger partial charge >= 0.3 is 0 Å². The van der Waals surface area contributed by atoms with Gasteiger partial charge < -0.3 is 10.6 Å². The molecule has 0 fully saturated rings. The standard InChI is InChI=1S/C12H18FN3O3S/c1-7-5-9(13)10(14)6-11(7)20(18,19)15-8(2)12(17)16(3)4/h5-6,8,15H,14H2,1-4H3. The minimum absolute atomic E-state index is 0.144. The third kappa shape index (κ3) is 3.45. The van der Waals surface area contributed by atoms with Gasteiger partial charge in [-0.3, -0.25) is 4.79 Å². The van der Waals surface area contributed by atoms with Crippen LogP contribution in [0, 0.1) is 12.7 Å². The van der Waals surface area contributed by atoms with Crippen molar-refractivity contribution >= 4 is 21.6 Å². The van der Waals surface area contributed by atoms with Crippen molar-refractivity contribution in [1.82, 2.24) is 9.62 Å². The van der Waals surface area contributed by atoms with E-state index in [4.69, 9.17) is 5.73 Å². The molecule has 1 unspecified atom stereocenters. The van der Waals surface area contributed by atoms with Gasteiger partial charge in [0.15, 0.2) is 0 Å². The number of anilines is 1. The summed E-state index contributed by atoms with van der Waals surface area (Å²) >= 11 is 0. The van der Waals surface area contributed by atoms with Crippen molar-refractivity contribution in [1.29, 1.82) is 0 Å². The van der Waals surface area contributed by atoms with Crippen LogP contribution in [0.1, 0.15) is 12.5 Å². The molecule has 0 aliphatic heterocycles.